The zero-order chi connectivity index (χ0) is 46.1. The molecule has 4 bridgehead atoms. The molecule has 8 heteroatoms. The third-order valence-electron chi connectivity index (χ3n) is 12.0. The summed E-state index contributed by atoms with van der Waals surface area (Å²) >= 11 is 0. The maximum Gasteiger partial charge on any atom is 0.178 e. The highest BCUT2D eigenvalue weighted by atomic mass is 16.7. The molecule has 6 heterocycles. The van der Waals surface area contributed by atoms with E-state index in [0.29, 0.717) is 0 Å². The molecule has 0 amide bonds. The predicted molar refractivity (Wildman–Crippen MR) is 261 cm³/mol. The van der Waals surface area contributed by atoms with Crippen LogP contribution in [0.3, 0.4) is 0 Å². The van der Waals surface area contributed by atoms with Gasteiger partial charge >= 0.3 is 0 Å². The Hall–Kier alpha value is -6.84. The van der Waals surface area contributed by atoms with E-state index in [9.17, 15) is 0 Å². The molecule has 0 radical (unpaired) electrons. The minimum atomic E-state index is -0.955. The molecular formula is C60H52O8. The van der Waals surface area contributed by atoms with Crippen molar-refractivity contribution in [3.63, 3.8) is 0 Å². The standard InChI is InChI=1S/C60H52O8/c1-2-22-42-62-54-38-40-58(68-56(54)46-66-60(50-31-15-6-16-32-50,51-33-17-7-18-34-51)52-35-19-8-20-36-52)64-44-24-23-43-63-57-39-37-53(61-41-21-1)55(67-57)45-65-59(47-25-9-3-10-26-47,48-27-11-4-12-28-48)49-29-13-5-14-30-49/h3-20,25-40,53-58H,41-46H2/t53-,54-,55+,56+,57-,58-/m0/s1. The first-order valence-electron chi connectivity index (χ1n) is 22.9. The summed E-state index contributed by atoms with van der Waals surface area (Å²) < 4.78 is 52.4. The van der Waals surface area contributed by atoms with Crippen molar-refractivity contribution in [1.82, 2.24) is 0 Å². The highest BCUT2D eigenvalue weighted by molar-refractivity contribution is 5.49. The van der Waals surface area contributed by atoms with Gasteiger partial charge in [-0.3, -0.25) is 0 Å². The highest BCUT2D eigenvalue weighted by Crippen LogP contribution is 2.42. The van der Waals surface area contributed by atoms with Gasteiger partial charge in [0.2, 0.25) is 0 Å². The second-order valence-electron chi connectivity index (χ2n) is 16.2. The molecule has 0 N–H and O–H groups in total. The second kappa shape index (κ2) is 23.3. The third kappa shape index (κ3) is 11.0. The first kappa shape index (κ1) is 46.3. The van der Waals surface area contributed by atoms with Crippen molar-refractivity contribution >= 4 is 0 Å². The first-order chi connectivity index (χ1) is 33.7. The lowest BCUT2D eigenvalue weighted by atomic mass is 9.80. The quantitative estimate of drug-likeness (QED) is 0.0684. The van der Waals surface area contributed by atoms with Crippen LogP contribution in [-0.2, 0) is 49.1 Å². The van der Waals surface area contributed by atoms with Gasteiger partial charge in [0.15, 0.2) is 12.6 Å². The van der Waals surface area contributed by atoms with Gasteiger partial charge in [0.25, 0.3) is 0 Å². The molecular weight excluding hydrogens is 849 g/mol. The average Bonchev–Trinajstić information content (AvgIpc) is 3.41. The number of benzene rings is 6. The molecule has 6 aliphatic heterocycles. The van der Waals surface area contributed by atoms with Crippen molar-refractivity contribution in [2.45, 2.75) is 48.2 Å². The van der Waals surface area contributed by atoms with Gasteiger partial charge in [0.1, 0.15) is 62.0 Å². The Morgan fingerprint density at radius 1 is 0.353 bits per heavy atom. The predicted octanol–water partition coefficient (Wildman–Crippen LogP) is 9.39. The first-order valence-corrected chi connectivity index (χ1v) is 22.9. The molecule has 12 rings (SSSR count). The average molecular weight is 901 g/mol. The van der Waals surface area contributed by atoms with Crippen LogP contribution in [0.1, 0.15) is 33.4 Å². The Bertz CT molecular complexity index is 2360. The SMILES string of the molecule is C1#CCO[C@H]2C=C[C@@H](OCC#CCO[C@@H]3C=C[C@H](OCC#C1)[C@@H](COC(c1ccccc1)(c1ccccc1)c1ccccc1)O3)O[C@@H]2COC(c1ccccc1)(c1ccccc1)c1ccccc1. The molecule has 68 heavy (non-hydrogen) atoms. The largest absolute Gasteiger partial charge is 0.359 e. The van der Waals surface area contributed by atoms with E-state index in [4.69, 9.17) is 37.9 Å². The van der Waals surface area contributed by atoms with Crippen LogP contribution in [0.15, 0.2) is 206 Å². The summed E-state index contributed by atoms with van der Waals surface area (Å²) in [6, 6.07) is 61.4. The van der Waals surface area contributed by atoms with E-state index in [0.717, 1.165) is 33.4 Å². The van der Waals surface area contributed by atoms with E-state index in [1.54, 1.807) is 0 Å². The van der Waals surface area contributed by atoms with Crippen LogP contribution >= 0.6 is 0 Å². The zero-order valence-electron chi connectivity index (χ0n) is 37.6. The lowest BCUT2D eigenvalue weighted by molar-refractivity contribution is -0.195. The Balaban J connectivity index is 0.927. The van der Waals surface area contributed by atoms with Gasteiger partial charge in [0, 0.05) is 0 Å². The number of ether oxygens (including phenoxy) is 8. The van der Waals surface area contributed by atoms with E-state index < -0.39 is 48.2 Å². The van der Waals surface area contributed by atoms with E-state index in [2.05, 4.69) is 108 Å². The highest BCUT2D eigenvalue weighted by Gasteiger charge is 2.42. The van der Waals surface area contributed by atoms with E-state index in [-0.39, 0.29) is 39.6 Å². The molecule has 8 nitrogen and oxygen atoms in total. The lowest BCUT2D eigenvalue weighted by Crippen LogP contribution is -2.44. The summed E-state index contributed by atoms with van der Waals surface area (Å²) in [5.74, 6) is 18.1. The van der Waals surface area contributed by atoms with Gasteiger partial charge in [-0.1, -0.05) is 218 Å². The van der Waals surface area contributed by atoms with Gasteiger partial charge in [-0.05, 0) is 57.4 Å². The van der Waals surface area contributed by atoms with Crippen LogP contribution in [0, 0.1) is 35.5 Å². The van der Waals surface area contributed by atoms with Crippen molar-refractivity contribution in [2.75, 3.05) is 39.6 Å². The molecule has 6 aliphatic rings. The Labute approximate surface area is 399 Å². The van der Waals surface area contributed by atoms with Crippen LogP contribution in [0.2, 0.25) is 0 Å². The maximum absolute atomic E-state index is 7.15. The number of hydrogen-bond acceptors (Lipinski definition) is 8. The zero-order valence-corrected chi connectivity index (χ0v) is 37.6. The minimum absolute atomic E-state index is 0.0951. The van der Waals surface area contributed by atoms with Crippen molar-refractivity contribution in [3.8, 4) is 35.5 Å². The summed E-state index contributed by atoms with van der Waals surface area (Å²) in [5.41, 5.74) is 3.97. The molecule has 6 aromatic rings. The molecule has 340 valence electrons. The minimum Gasteiger partial charge on any atom is -0.359 e. The maximum atomic E-state index is 7.15. The van der Waals surface area contributed by atoms with Crippen LogP contribution in [0.4, 0.5) is 0 Å². The smallest absolute Gasteiger partial charge is 0.178 e. The summed E-state index contributed by atoms with van der Waals surface area (Å²) in [5, 5.41) is 0. The van der Waals surface area contributed by atoms with E-state index in [1.165, 1.54) is 0 Å². The van der Waals surface area contributed by atoms with Gasteiger partial charge in [0.05, 0.1) is 13.2 Å². The number of rotatable bonds is 12. The van der Waals surface area contributed by atoms with Crippen LogP contribution in [0.5, 0.6) is 0 Å². The fourth-order valence-corrected chi connectivity index (χ4v) is 8.76. The van der Waals surface area contributed by atoms with Gasteiger partial charge in [-0.2, -0.15) is 0 Å². The van der Waals surface area contributed by atoms with Crippen LogP contribution in [-0.4, -0.2) is 76.6 Å². The molecule has 0 saturated heterocycles. The Kier molecular flexibility index (Phi) is 15.8. The van der Waals surface area contributed by atoms with Crippen molar-refractivity contribution in [3.05, 3.63) is 240 Å². The monoisotopic (exact) mass is 900 g/mol. The summed E-state index contributed by atoms with van der Waals surface area (Å²) in [4.78, 5) is 0. The van der Waals surface area contributed by atoms with E-state index >= 15 is 0 Å². The van der Waals surface area contributed by atoms with Crippen LogP contribution in [0.25, 0.3) is 0 Å². The fourth-order valence-electron chi connectivity index (χ4n) is 8.76. The topological polar surface area (TPSA) is 73.8 Å². The molecule has 0 spiro atoms. The fraction of sp³-hybridized carbons (Fsp3) is 0.233. The van der Waals surface area contributed by atoms with Gasteiger partial charge in [-0.25, -0.2) is 0 Å². The molecule has 0 aromatic heterocycles. The molecule has 0 saturated carbocycles. The summed E-state index contributed by atoms with van der Waals surface area (Å²) in [6.45, 7) is 0.718. The molecule has 0 fully saturated rings. The lowest BCUT2D eigenvalue weighted by Gasteiger charge is -2.39. The van der Waals surface area contributed by atoms with Crippen molar-refractivity contribution in [1.29, 1.82) is 0 Å². The summed E-state index contributed by atoms with van der Waals surface area (Å²) in [6.07, 6.45) is 4.00. The third-order valence-corrected chi connectivity index (χ3v) is 12.0. The second-order valence-corrected chi connectivity index (χ2v) is 16.2. The summed E-state index contributed by atoms with van der Waals surface area (Å²) in [7, 11) is 0. The molecule has 6 atom stereocenters. The number of hydrogen-bond donors (Lipinski definition) is 0. The molecule has 6 aromatic carbocycles. The van der Waals surface area contributed by atoms with Gasteiger partial charge in [-0.15, -0.1) is 0 Å². The Morgan fingerprint density at radius 2 is 0.632 bits per heavy atom. The van der Waals surface area contributed by atoms with Gasteiger partial charge < -0.3 is 37.9 Å². The Morgan fingerprint density at radius 3 is 0.926 bits per heavy atom. The molecule has 0 aliphatic carbocycles. The van der Waals surface area contributed by atoms with E-state index in [1.807, 2.05) is 133 Å². The van der Waals surface area contributed by atoms with Crippen molar-refractivity contribution in [2.24, 2.45) is 0 Å². The van der Waals surface area contributed by atoms with Crippen LogP contribution < -0.4 is 0 Å². The van der Waals surface area contributed by atoms with Crippen molar-refractivity contribution < 1.29 is 37.9 Å². The molecule has 0 unspecified atom stereocenters. The normalized spacial score (nSPS) is 21.9.